The Hall–Kier alpha value is -1.38. The minimum Gasteiger partial charge on any atom is -0.411 e. The Kier molecular flexibility index (Phi) is 2.47. The normalized spacial score (nSPS) is 17.9. The summed E-state index contributed by atoms with van der Waals surface area (Å²) in [5, 5.41) is 12.3. The van der Waals surface area contributed by atoms with Gasteiger partial charge in [0, 0.05) is 5.69 Å². The van der Waals surface area contributed by atoms with Gasteiger partial charge in [-0.1, -0.05) is 5.16 Å². The first kappa shape index (κ1) is 10.1. The van der Waals surface area contributed by atoms with E-state index in [2.05, 4.69) is 24.0 Å². The van der Waals surface area contributed by atoms with Crippen molar-refractivity contribution in [2.45, 2.75) is 40.0 Å². The van der Waals surface area contributed by atoms with Crippen molar-refractivity contribution < 1.29 is 5.21 Å². The van der Waals surface area contributed by atoms with Crippen LogP contribution in [0, 0.1) is 20.8 Å². The summed E-state index contributed by atoms with van der Waals surface area (Å²) in [5.74, 6) is 0. The average Bonchev–Trinajstić information content (AvgIpc) is 2.25. The van der Waals surface area contributed by atoms with Crippen LogP contribution in [-0.2, 0) is 6.42 Å². The molecule has 0 fully saturated rings. The summed E-state index contributed by atoms with van der Waals surface area (Å²) in [7, 11) is 0. The molecule has 0 bridgehead atoms. The Bertz CT molecular complexity index is 436. The van der Waals surface area contributed by atoms with E-state index in [9.17, 15) is 0 Å². The molecule has 1 heterocycles. The molecule has 3 heteroatoms. The summed E-state index contributed by atoms with van der Waals surface area (Å²) < 4.78 is 0. The van der Waals surface area contributed by atoms with Crippen LogP contribution in [0.5, 0.6) is 0 Å². The maximum Gasteiger partial charge on any atom is 0.105 e. The Labute approximate surface area is 89.8 Å². The number of rotatable bonds is 0. The number of oxime groups is 1. The summed E-state index contributed by atoms with van der Waals surface area (Å²) in [6, 6.07) is 0. The first-order valence-corrected chi connectivity index (χ1v) is 5.33. The number of pyridine rings is 1. The Morgan fingerprint density at radius 2 is 1.87 bits per heavy atom. The van der Waals surface area contributed by atoms with Gasteiger partial charge in [-0.2, -0.15) is 0 Å². The lowest BCUT2D eigenvalue weighted by atomic mass is 9.89. The summed E-state index contributed by atoms with van der Waals surface area (Å²) in [4.78, 5) is 4.54. The van der Waals surface area contributed by atoms with Crippen LogP contribution in [0.15, 0.2) is 5.16 Å². The van der Waals surface area contributed by atoms with Crippen LogP contribution < -0.4 is 0 Å². The first-order chi connectivity index (χ1) is 7.15. The van der Waals surface area contributed by atoms with Crippen LogP contribution in [0.4, 0.5) is 0 Å². The molecule has 0 atom stereocenters. The molecular weight excluding hydrogens is 188 g/mol. The second kappa shape index (κ2) is 3.65. The van der Waals surface area contributed by atoms with Crippen LogP contribution in [0.3, 0.4) is 0 Å². The molecule has 1 aliphatic rings. The van der Waals surface area contributed by atoms with Crippen molar-refractivity contribution in [2.24, 2.45) is 5.16 Å². The smallest absolute Gasteiger partial charge is 0.105 e. The molecule has 1 aliphatic carbocycles. The van der Waals surface area contributed by atoms with E-state index in [1.807, 2.05) is 6.92 Å². The summed E-state index contributed by atoms with van der Waals surface area (Å²) in [6.07, 6.45) is 2.93. The second-order valence-corrected chi connectivity index (χ2v) is 4.17. The molecule has 0 unspecified atom stereocenters. The van der Waals surface area contributed by atoms with E-state index >= 15 is 0 Å². The summed E-state index contributed by atoms with van der Waals surface area (Å²) >= 11 is 0. The zero-order valence-electron chi connectivity index (χ0n) is 9.46. The van der Waals surface area contributed by atoms with Crippen molar-refractivity contribution in [3.8, 4) is 0 Å². The molecule has 0 saturated carbocycles. The van der Waals surface area contributed by atoms with Crippen LogP contribution in [-0.4, -0.2) is 15.9 Å². The third kappa shape index (κ3) is 1.52. The van der Waals surface area contributed by atoms with Gasteiger partial charge in [-0.3, -0.25) is 4.98 Å². The molecule has 0 aromatic carbocycles. The monoisotopic (exact) mass is 204 g/mol. The lowest BCUT2D eigenvalue weighted by Crippen LogP contribution is -2.17. The van der Waals surface area contributed by atoms with Gasteiger partial charge >= 0.3 is 0 Å². The molecule has 0 amide bonds. The third-order valence-electron chi connectivity index (χ3n) is 3.36. The zero-order chi connectivity index (χ0) is 11.0. The zero-order valence-corrected chi connectivity index (χ0v) is 9.46. The van der Waals surface area contributed by atoms with Crippen molar-refractivity contribution >= 4 is 5.71 Å². The summed E-state index contributed by atoms with van der Waals surface area (Å²) in [6.45, 7) is 6.23. The van der Waals surface area contributed by atoms with E-state index in [0.717, 1.165) is 36.4 Å². The highest BCUT2D eigenvalue weighted by Gasteiger charge is 2.21. The lowest BCUT2D eigenvalue weighted by molar-refractivity contribution is 0.317. The Morgan fingerprint density at radius 3 is 2.53 bits per heavy atom. The number of hydrogen-bond acceptors (Lipinski definition) is 3. The molecule has 1 aromatic heterocycles. The van der Waals surface area contributed by atoms with Crippen molar-refractivity contribution in [1.29, 1.82) is 0 Å². The standard InChI is InChI=1S/C12H16N2O/c1-7-8(2)10-5-4-6-11(14-15)12(10)13-9(7)3/h15H,4-6H2,1-3H3/b14-11+. The van der Waals surface area contributed by atoms with Crippen molar-refractivity contribution in [2.75, 3.05) is 0 Å². The Morgan fingerprint density at radius 1 is 1.13 bits per heavy atom. The van der Waals surface area contributed by atoms with E-state index in [4.69, 9.17) is 5.21 Å². The number of aryl methyl sites for hydroxylation is 1. The summed E-state index contributed by atoms with van der Waals surface area (Å²) in [5.41, 5.74) is 6.50. The molecule has 2 rings (SSSR count). The van der Waals surface area contributed by atoms with Crippen LogP contribution in [0.25, 0.3) is 0 Å². The van der Waals surface area contributed by atoms with E-state index in [1.165, 1.54) is 16.7 Å². The fourth-order valence-electron chi connectivity index (χ4n) is 2.19. The van der Waals surface area contributed by atoms with Gasteiger partial charge in [-0.15, -0.1) is 0 Å². The van der Waals surface area contributed by atoms with Gasteiger partial charge in [0.2, 0.25) is 0 Å². The fraction of sp³-hybridized carbons (Fsp3) is 0.500. The van der Waals surface area contributed by atoms with Crippen LogP contribution in [0.1, 0.15) is 40.9 Å². The number of nitrogens with zero attached hydrogens (tertiary/aromatic N) is 2. The second-order valence-electron chi connectivity index (χ2n) is 4.17. The highest BCUT2D eigenvalue weighted by Crippen LogP contribution is 2.26. The van der Waals surface area contributed by atoms with Crippen LogP contribution in [0.2, 0.25) is 0 Å². The van der Waals surface area contributed by atoms with Crippen molar-refractivity contribution in [3.63, 3.8) is 0 Å². The highest BCUT2D eigenvalue weighted by atomic mass is 16.4. The molecule has 0 spiro atoms. The van der Waals surface area contributed by atoms with Gasteiger partial charge in [-0.25, -0.2) is 0 Å². The van der Waals surface area contributed by atoms with Crippen molar-refractivity contribution in [1.82, 2.24) is 4.98 Å². The molecule has 0 radical (unpaired) electrons. The minimum absolute atomic E-state index is 0.738. The van der Waals surface area contributed by atoms with E-state index in [0.29, 0.717) is 0 Å². The maximum atomic E-state index is 8.94. The van der Waals surface area contributed by atoms with Gasteiger partial charge < -0.3 is 5.21 Å². The molecule has 80 valence electrons. The highest BCUT2D eigenvalue weighted by molar-refractivity contribution is 6.01. The Balaban J connectivity index is 2.69. The maximum absolute atomic E-state index is 8.94. The first-order valence-electron chi connectivity index (χ1n) is 5.33. The van der Waals surface area contributed by atoms with Gasteiger partial charge in [0.15, 0.2) is 0 Å². The number of hydrogen-bond donors (Lipinski definition) is 1. The molecule has 0 saturated heterocycles. The quantitative estimate of drug-likeness (QED) is 0.521. The molecule has 0 aliphatic heterocycles. The molecular formula is C12H16N2O. The minimum atomic E-state index is 0.738. The molecule has 3 nitrogen and oxygen atoms in total. The van der Waals surface area contributed by atoms with Crippen LogP contribution >= 0.6 is 0 Å². The van der Waals surface area contributed by atoms with E-state index in [-0.39, 0.29) is 0 Å². The SMILES string of the molecule is Cc1nc2c(c(C)c1C)CCC/C2=N\O. The largest absolute Gasteiger partial charge is 0.411 e. The number of fused-ring (bicyclic) bond motifs is 1. The average molecular weight is 204 g/mol. The van der Waals surface area contributed by atoms with E-state index in [1.54, 1.807) is 0 Å². The van der Waals surface area contributed by atoms with E-state index < -0.39 is 0 Å². The van der Waals surface area contributed by atoms with Gasteiger partial charge in [0.05, 0.1) is 5.69 Å². The topological polar surface area (TPSA) is 45.5 Å². The predicted octanol–water partition coefficient (Wildman–Crippen LogP) is 2.52. The number of aromatic nitrogens is 1. The fourth-order valence-corrected chi connectivity index (χ4v) is 2.19. The molecule has 15 heavy (non-hydrogen) atoms. The lowest BCUT2D eigenvalue weighted by Gasteiger charge is -2.20. The third-order valence-corrected chi connectivity index (χ3v) is 3.36. The predicted molar refractivity (Wildman–Crippen MR) is 59.7 cm³/mol. The van der Waals surface area contributed by atoms with Gasteiger partial charge in [-0.05, 0) is 56.7 Å². The van der Waals surface area contributed by atoms with Crippen molar-refractivity contribution in [3.05, 3.63) is 28.1 Å². The molecule has 1 aromatic rings. The van der Waals surface area contributed by atoms with Gasteiger partial charge in [0.25, 0.3) is 0 Å². The van der Waals surface area contributed by atoms with Gasteiger partial charge in [0.1, 0.15) is 5.71 Å². The molecule has 1 N–H and O–H groups in total.